The molecule has 4 rings (SSSR count). The molecule has 0 aliphatic carbocycles. The molecule has 2 aromatic rings. The van der Waals surface area contributed by atoms with Crippen LogP contribution in [0.4, 0.5) is 13.6 Å². The van der Waals surface area contributed by atoms with Crippen LogP contribution in [0.1, 0.15) is 57.6 Å². The van der Waals surface area contributed by atoms with E-state index in [1.54, 1.807) is 32.6 Å². The molecule has 0 radical (unpaired) electrons. The van der Waals surface area contributed by atoms with Gasteiger partial charge in [0.1, 0.15) is 22.7 Å². The maximum atomic E-state index is 15.5. The third kappa shape index (κ3) is 5.76. The second-order valence-corrected chi connectivity index (χ2v) is 12.2. The number of hydrogen-bond acceptors (Lipinski definition) is 5. The van der Waals surface area contributed by atoms with Gasteiger partial charge in [-0.1, -0.05) is 41.4 Å². The van der Waals surface area contributed by atoms with Gasteiger partial charge in [-0.25, -0.2) is 13.6 Å². The Bertz CT molecular complexity index is 1340. The van der Waals surface area contributed by atoms with Crippen molar-refractivity contribution in [3.63, 3.8) is 0 Å². The molecule has 2 aromatic carbocycles. The predicted molar refractivity (Wildman–Crippen MR) is 148 cm³/mol. The van der Waals surface area contributed by atoms with Gasteiger partial charge in [-0.15, -0.1) is 0 Å². The SMILES string of the molecule is C[C@H]1N[C@@H](C(=O)NC2CCN(C(=O)OC(C)(C)C)CC2)[C@H](c2cccc(Cl)c2F)[C@@]1(C#N)c1ccc(Cl)cc1F. The van der Waals surface area contributed by atoms with Crippen molar-refractivity contribution in [2.24, 2.45) is 0 Å². The number of nitrogens with zero attached hydrogens (tertiary/aromatic N) is 2. The number of likely N-dealkylation sites (tertiary alicyclic amines) is 1. The third-order valence-electron chi connectivity index (χ3n) is 7.59. The highest BCUT2D eigenvalue weighted by atomic mass is 35.5. The zero-order valence-electron chi connectivity index (χ0n) is 22.7. The van der Waals surface area contributed by atoms with Crippen LogP contribution in [-0.2, 0) is 14.9 Å². The first-order valence-electron chi connectivity index (χ1n) is 13.1. The molecule has 0 bridgehead atoms. The van der Waals surface area contributed by atoms with Gasteiger partial charge in [-0.05, 0) is 64.3 Å². The van der Waals surface area contributed by atoms with E-state index in [0.717, 1.165) is 6.07 Å². The van der Waals surface area contributed by atoms with Crippen LogP contribution in [0.3, 0.4) is 0 Å². The van der Waals surface area contributed by atoms with Gasteiger partial charge in [0, 0.05) is 41.7 Å². The van der Waals surface area contributed by atoms with E-state index >= 15 is 8.78 Å². The van der Waals surface area contributed by atoms with Crippen LogP contribution in [0.5, 0.6) is 0 Å². The predicted octanol–water partition coefficient (Wildman–Crippen LogP) is 5.69. The van der Waals surface area contributed by atoms with Gasteiger partial charge >= 0.3 is 6.09 Å². The van der Waals surface area contributed by atoms with E-state index in [-0.39, 0.29) is 27.2 Å². The first-order valence-corrected chi connectivity index (χ1v) is 13.9. The topological polar surface area (TPSA) is 94.5 Å². The Morgan fingerprint density at radius 1 is 1.18 bits per heavy atom. The number of halogens is 4. The van der Waals surface area contributed by atoms with Gasteiger partial charge in [0.15, 0.2) is 0 Å². The van der Waals surface area contributed by atoms with Gasteiger partial charge in [-0.2, -0.15) is 5.26 Å². The largest absolute Gasteiger partial charge is 0.444 e. The zero-order chi connectivity index (χ0) is 29.4. The fraction of sp³-hybridized carbons (Fsp3) is 0.483. The normalized spacial score (nSPS) is 25.4. The van der Waals surface area contributed by atoms with Gasteiger partial charge in [0.05, 0.1) is 17.1 Å². The highest BCUT2D eigenvalue weighted by molar-refractivity contribution is 6.31. The molecule has 4 atom stereocenters. The summed E-state index contributed by atoms with van der Waals surface area (Å²) < 4.78 is 36.3. The van der Waals surface area contributed by atoms with Crippen molar-refractivity contribution >= 4 is 35.2 Å². The maximum absolute atomic E-state index is 15.5. The Morgan fingerprint density at radius 3 is 2.45 bits per heavy atom. The van der Waals surface area contributed by atoms with E-state index in [1.165, 1.54) is 30.3 Å². The minimum Gasteiger partial charge on any atom is -0.444 e. The van der Waals surface area contributed by atoms with Crippen molar-refractivity contribution in [1.82, 2.24) is 15.5 Å². The smallest absolute Gasteiger partial charge is 0.410 e. The van der Waals surface area contributed by atoms with Crippen molar-refractivity contribution in [3.8, 4) is 6.07 Å². The van der Waals surface area contributed by atoms with Crippen molar-refractivity contribution in [3.05, 3.63) is 69.2 Å². The Balaban J connectivity index is 1.64. The molecule has 0 unspecified atom stereocenters. The van der Waals surface area contributed by atoms with Gasteiger partial charge in [0.2, 0.25) is 5.91 Å². The Hall–Kier alpha value is -2.93. The van der Waals surface area contributed by atoms with Crippen LogP contribution >= 0.6 is 23.2 Å². The molecule has 0 aromatic heterocycles. The fourth-order valence-corrected chi connectivity index (χ4v) is 6.06. The van der Waals surface area contributed by atoms with Crippen LogP contribution in [0.25, 0.3) is 0 Å². The molecule has 214 valence electrons. The summed E-state index contributed by atoms with van der Waals surface area (Å²) in [7, 11) is 0. The summed E-state index contributed by atoms with van der Waals surface area (Å²) in [6.45, 7) is 7.83. The van der Waals surface area contributed by atoms with Crippen molar-refractivity contribution in [2.45, 2.75) is 75.6 Å². The highest BCUT2D eigenvalue weighted by Gasteiger charge is 2.59. The van der Waals surface area contributed by atoms with Gasteiger partial charge in [-0.3, -0.25) is 4.79 Å². The first-order chi connectivity index (χ1) is 18.8. The molecule has 7 nitrogen and oxygen atoms in total. The first kappa shape index (κ1) is 30.0. The number of ether oxygens (including phenoxy) is 1. The summed E-state index contributed by atoms with van der Waals surface area (Å²) in [6.07, 6.45) is 0.556. The Labute approximate surface area is 242 Å². The molecule has 2 N–H and O–H groups in total. The molecular weight excluding hydrogens is 561 g/mol. The number of nitriles is 1. The van der Waals surface area contributed by atoms with Gasteiger partial charge in [0.25, 0.3) is 0 Å². The molecule has 2 fully saturated rings. The third-order valence-corrected chi connectivity index (χ3v) is 8.12. The number of carbonyl (C=O) groups excluding carboxylic acids is 2. The van der Waals surface area contributed by atoms with Crippen molar-refractivity contribution in [2.75, 3.05) is 13.1 Å². The summed E-state index contributed by atoms with van der Waals surface area (Å²) in [5, 5.41) is 16.7. The lowest BCUT2D eigenvalue weighted by atomic mass is 9.65. The van der Waals surface area contributed by atoms with E-state index in [4.69, 9.17) is 27.9 Å². The molecular formula is C29H32Cl2F2N4O3. The minimum atomic E-state index is -1.66. The molecule has 40 heavy (non-hydrogen) atoms. The summed E-state index contributed by atoms with van der Waals surface area (Å²) in [5.74, 6) is -3.09. The Kier molecular flexibility index (Phi) is 8.65. The standard InChI is InChI=1S/C29H32Cl2F2N4O3/c1-16-29(15-34,20-9-8-17(30)14-22(20)32)23(19-6-5-7-21(31)24(19)33)25(35-16)26(38)36-18-10-12-37(13-11-18)27(39)40-28(2,3)4/h5-9,14,16,18,23,25,35H,10-13H2,1-4H3,(H,36,38)/t16-,23+,25-,29-/m1/s1. The lowest BCUT2D eigenvalue weighted by Gasteiger charge is -2.35. The fourth-order valence-electron chi connectivity index (χ4n) is 5.72. The quantitative estimate of drug-likeness (QED) is 0.475. The van der Waals surface area contributed by atoms with Crippen LogP contribution in [0.2, 0.25) is 10.0 Å². The van der Waals surface area contributed by atoms with E-state index < -0.39 is 52.7 Å². The summed E-state index contributed by atoms with van der Waals surface area (Å²) in [5.41, 5.74) is -2.25. The van der Waals surface area contributed by atoms with E-state index in [1.807, 2.05) is 0 Å². The van der Waals surface area contributed by atoms with Crippen LogP contribution < -0.4 is 10.6 Å². The van der Waals surface area contributed by atoms with E-state index in [2.05, 4.69) is 16.7 Å². The molecule has 0 spiro atoms. The van der Waals surface area contributed by atoms with Crippen molar-refractivity contribution in [1.29, 1.82) is 5.26 Å². The summed E-state index contributed by atoms with van der Waals surface area (Å²) >= 11 is 12.1. The average Bonchev–Trinajstić information content (AvgIpc) is 3.17. The minimum absolute atomic E-state index is 0.00439. The number of benzene rings is 2. The number of hydrogen-bond donors (Lipinski definition) is 2. The molecule has 2 amide bonds. The molecule has 11 heteroatoms. The second kappa shape index (κ2) is 11.5. The lowest BCUT2D eigenvalue weighted by Crippen LogP contribution is -2.52. The number of amides is 2. The monoisotopic (exact) mass is 592 g/mol. The lowest BCUT2D eigenvalue weighted by molar-refractivity contribution is -0.124. The summed E-state index contributed by atoms with van der Waals surface area (Å²) in [4.78, 5) is 27.8. The number of nitrogens with one attached hydrogen (secondary N) is 2. The number of piperidine rings is 1. The van der Waals surface area contributed by atoms with Crippen LogP contribution in [0.15, 0.2) is 36.4 Å². The van der Waals surface area contributed by atoms with Gasteiger partial charge < -0.3 is 20.3 Å². The van der Waals surface area contributed by atoms with E-state index in [9.17, 15) is 14.9 Å². The zero-order valence-corrected chi connectivity index (χ0v) is 24.2. The highest BCUT2D eigenvalue weighted by Crippen LogP contribution is 2.50. The summed E-state index contributed by atoms with van der Waals surface area (Å²) in [6, 6.07) is 8.46. The number of rotatable bonds is 4. The van der Waals surface area contributed by atoms with Crippen molar-refractivity contribution < 1.29 is 23.1 Å². The average molecular weight is 594 g/mol. The molecule has 2 aliphatic rings. The molecule has 2 saturated heterocycles. The van der Waals surface area contributed by atoms with Crippen LogP contribution in [-0.4, -0.2) is 53.7 Å². The molecule has 0 saturated carbocycles. The van der Waals surface area contributed by atoms with Crippen LogP contribution in [0, 0.1) is 23.0 Å². The number of carbonyl (C=O) groups is 2. The van der Waals surface area contributed by atoms with E-state index in [0.29, 0.717) is 25.9 Å². The molecule has 2 heterocycles. The second-order valence-electron chi connectivity index (χ2n) is 11.3. The Morgan fingerprint density at radius 2 is 1.85 bits per heavy atom. The molecule has 2 aliphatic heterocycles. The maximum Gasteiger partial charge on any atom is 0.410 e.